The number of aliphatic hydroxyl groups is 1. The largest absolute Gasteiger partial charge is 0.444 e. The first kappa shape index (κ1) is 15.6. The topological polar surface area (TPSA) is 53.0 Å². The number of nitrogens with zero attached hydrogens (tertiary/aromatic N) is 2. The molecule has 1 aliphatic heterocycles. The molecule has 5 heteroatoms. The number of carbonyl (C=O) groups excluding carboxylic acids is 1. The first-order valence-corrected chi connectivity index (χ1v) is 7.42. The lowest BCUT2D eigenvalue weighted by atomic mass is 9.56. The molecule has 0 aromatic heterocycles. The predicted molar refractivity (Wildman–Crippen MR) is 77.6 cm³/mol. The van der Waals surface area contributed by atoms with E-state index in [-0.39, 0.29) is 11.5 Å². The van der Waals surface area contributed by atoms with Gasteiger partial charge >= 0.3 is 6.09 Å². The second kappa shape index (κ2) is 4.88. The van der Waals surface area contributed by atoms with Crippen LogP contribution in [0.5, 0.6) is 0 Å². The Morgan fingerprint density at radius 3 is 2.40 bits per heavy atom. The van der Waals surface area contributed by atoms with E-state index in [1.54, 1.807) is 4.90 Å². The first-order valence-electron chi connectivity index (χ1n) is 7.42. The van der Waals surface area contributed by atoms with Gasteiger partial charge < -0.3 is 19.6 Å². The Bertz CT molecular complexity index is 391. The van der Waals surface area contributed by atoms with Gasteiger partial charge in [-0.3, -0.25) is 0 Å². The number of hydrogen-bond donors (Lipinski definition) is 1. The highest BCUT2D eigenvalue weighted by molar-refractivity contribution is 5.68. The van der Waals surface area contributed by atoms with Crippen molar-refractivity contribution in [2.45, 2.75) is 51.2 Å². The van der Waals surface area contributed by atoms with E-state index < -0.39 is 11.2 Å². The summed E-state index contributed by atoms with van der Waals surface area (Å²) in [5.41, 5.74) is -1.26. The number of amides is 1. The Labute approximate surface area is 121 Å². The van der Waals surface area contributed by atoms with Gasteiger partial charge in [0.1, 0.15) is 5.60 Å². The number of likely N-dealkylation sites (N-methyl/N-ethyl adjacent to an activating group) is 1. The van der Waals surface area contributed by atoms with Crippen LogP contribution in [0.15, 0.2) is 0 Å². The summed E-state index contributed by atoms with van der Waals surface area (Å²) in [5, 5.41) is 10.8. The van der Waals surface area contributed by atoms with Crippen molar-refractivity contribution in [3.8, 4) is 0 Å². The number of carbonyl (C=O) groups is 1. The molecule has 20 heavy (non-hydrogen) atoms. The third-order valence-electron chi connectivity index (χ3n) is 4.59. The zero-order valence-electron chi connectivity index (χ0n) is 13.4. The lowest BCUT2D eigenvalue weighted by molar-refractivity contribution is -0.168. The summed E-state index contributed by atoms with van der Waals surface area (Å²) < 4.78 is 5.43. The first-order chi connectivity index (χ1) is 9.07. The quantitative estimate of drug-likeness (QED) is 0.838. The molecule has 1 unspecified atom stereocenters. The number of likely N-dealkylation sites (tertiary alicyclic amines) is 1. The fourth-order valence-corrected chi connectivity index (χ4v) is 3.48. The van der Waals surface area contributed by atoms with E-state index in [1.807, 2.05) is 39.8 Å². The standard InChI is InChI=1S/C15H28N2O3/c1-13(2,3)20-12(18)17-9-8-14(10-17)6-7-15(14,19)11-16(4)5/h19H,6-11H2,1-5H3/t14-,15?/m0/s1. The molecule has 1 spiro atoms. The fraction of sp³-hybridized carbons (Fsp3) is 0.933. The van der Waals surface area contributed by atoms with E-state index in [4.69, 9.17) is 4.74 Å². The molecular formula is C15H28N2O3. The Morgan fingerprint density at radius 1 is 1.30 bits per heavy atom. The molecule has 1 N–H and O–H groups in total. The Balaban J connectivity index is 2.00. The maximum atomic E-state index is 12.1. The average molecular weight is 284 g/mol. The zero-order chi connectivity index (χ0) is 15.2. The van der Waals surface area contributed by atoms with E-state index in [9.17, 15) is 9.90 Å². The third kappa shape index (κ3) is 2.79. The van der Waals surface area contributed by atoms with Gasteiger partial charge in [0.05, 0.1) is 5.60 Å². The van der Waals surface area contributed by atoms with Crippen LogP contribution in [0.3, 0.4) is 0 Å². The van der Waals surface area contributed by atoms with Gasteiger partial charge in [-0.15, -0.1) is 0 Å². The molecule has 2 atom stereocenters. The van der Waals surface area contributed by atoms with E-state index in [1.165, 1.54) is 0 Å². The number of rotatable bonds is 2. The van der Waals surface area contributed by atoms with Crippen LogP contribution in [0.1, 0.15) is 40.0 Å². The van der Waals surface area contributed by atoms with Gasteiger partial charge in [-0.1, -0.05) is 0 Å². The predicted octanol–water partition coefficient (Wildman–Crippen LogP) is 1.70. The molecule has 1 saturated carbocycles. The Morgan fingerprint density at radius 2 is 1.95 bits per heavy atom. The SMILES string of the molecule is CN(C)CC1(O)CC[C@@]12CCN(C(=O)OC(C)(C)C)C2. The summed E-state index contributed by atoms with van der Waals surface area (Å²) in [6.07, 6.45) is 2.44. The van der Waals surface area contributed by atoms with Crippen molar-refractivity contribution in [3.05, 3.63) is 0 Å². The van der Waals surface area contributed by atoms with Crippen molar-refractivity contribution in [1.29, 1.82) is 0 Å². The molecule has 0 bridgehead atoms. The van der Waals surface area contributed by atoms with Crippen molar-refractivity contribution in [1.82, 2.24) is 9.80 Å². The normalized spacial score (nSPS) is 33.6. The summed E-state index contributed by atoms with van der Waals surface area (Å²) in [6.45, 7) is 7.60. The summed E-state index contributed by atoms with van der Waals surface area (Å²) in [5.74, 6) is 0. The molecule has 2 rings (SSSR count). The Kier molecular flexibility index (Phi) is 3.80. The molecule has 2 fully saturated rings. The molecule has 5 nitrogen and oxygen atoms in total. The van der Waals surface area contributed by atoms with E-state index in [2.05, 4.69) is 0 Å². The van der Waals surface area contributed by atoms with Crippen molar-refractivity contribution >= 4 is 6.09 Å². The maximum Gasteiger partial charge on any atom is 0.410 e. The van der Waals surface area contributed by atoms with Crippen molar-refractivity contribution in [2.75, 3.05) is 33.7 Å². The second-order valence-corrected chi connectivity index (χ2v) is 7.70. The molecule has 0 aromatic carbocycles. The molecular weight excluding hydrogens is 256 g/mol. The van der Waals surface area contributed by atoms with Crippen molar-refractivity contribution < 1.29 is 14.6 Å². The maximum absolute atomic E-state index is 12.1. The van der Waals surface area contributed by atoms with Crippen LogP contribution in [0, 0.1) is 5.41 Å². The smallest absolute Gasteiger partial charge is 0.410 e. The average Bonchev–Trinajstić information content (AvgIpc) is 2.71. The molecule has 1 heterocycles. The molecule has 1 amide bonds. The summed E-state index contributed by atoms with van der Waals surface area (Å²) in [6, 6.07) is 0. The van der Waals surface area contributed by atoms with Crippen LogP contribution in [0.2, 0.25) is 0 Å². The van der Waals surface area contributed by atoms with Crippen LogP contribution < -0.4 is 0 Å². The minimum absolute atomic E-state index is 0.131. The molecule has 0 aromatic rings. The molecule has 2 aliphatic rings. The van der Waals surface area contributed by atoms with Gasteiger partial charge in [-0.25, -0.2) is 4.79 Å². The fourth-order valence-electron chi connectivity index (χ4n) is 3.48. The summed E-state index contributed by atoms with van der Waals surface area (Å²) in [7, 11) is 3.95. The van der Waals surface area contributed by atoms with Crippen molar-refractivity contribution in [3.63, 3.8) is 0 Å². The highest BCUT2D eigenvalue weighted by Gasteiger charge is 2.61. The van der Waals surface area contributed by atoms with Gasteiger partial charge in [0.2, 0.25) is 0 Å². The monoisotopic (exact) mass is 284 g/mol. The van der Waals surface area contributed by atoms with Gasteiger partial charge in [0.15, 0.2) is 0 Å². The van der Waals surface area contributed by atoms with E-state index >= 15 is 0 Å². The van der Waals surface area contributed by atoms with Crippen LogP contribution in [-0.2, 0) is 4.74 Å². The van der Waals surface area contributed by atoms with Gasteiger partial charge in [-0.05, 0) is 54.1 Å². The van der Waals surface area contributed by atoms with Gasteiger partial charge in [-0.2, -0.15) is 0 Å². The van der Waals surface area contributed by atoms with Crippen molar-refractivity contribution in [2.24, 2.45) is 5.41 Å². The van der Waals surface area contributed by atoms with Crippen LogP contribution in [-0.4, -0.2) is 65.9 Å². The highest BCUT2D eigenvalue weighted by atomic mass is 16.6. The molecule has 1 aliphatic carbocycles. The minimum atomic E-state index is -0.659. The zero-order valence-corrected chi connectivity index (χ0v) is 13.4. The second-order valence-electron chi connectivity index (χ2n) is 7.70. The molecule has 1 saturated heterocycles. The Hall–Kier alpha value is -0.810. The van der Waals surface area contributed by atoms with Crippen LogP contribution in [0.4, 0.5) is 4.79 Å². The highest BCUT2D eigenvalue weighted by Crippen LogP contribution is 2.55. The third-order valence-corrected chi connectivity index (χ3v) is 4.59. The van der Waals surface area contributed by atoms with E-state index in [0.29, 0.717) is 19.6 Å². The lowest BCUT2D eigenvalue weighted by Crippen LogP contribution is -2.63. The molecule has 116 valence electrons. The summed E-state index contributed by atoms with van der Waals surface area (Å²) >= 11 is 0. The molecule has 0 radical (unpaired) electrons. The van der Waals surface area contributed by atoms with E-state index in [0.717, 1.165) is 19.3 Å². The van der Waals surface area contributed by atoms with Crippen LogP contribution >= 0.6 is 0 Å². The minimum Gasteiger partial charge on any atom is -0.444 e. The van der Waals surface area contributed by atoms with Crippen LogP contribution in [0.25, 0.3) is 0 Å². The number of ether oxygens (including phenoxy) is 1. The number of hydrogen-bond acceptors (Lipinski definition) is 4. The summed E-state index contributed by atoms with van der Waals surface area (Å²) in [4.78, 5) is 15.9. The van der Waals surface area contributed by atoms with Gasteiger partial charge in [0, 0.05) is 25.0 Å². The lowest BCUT2D eigenvalue weighted by Gasteiger charge is -2.55. The van der Waals surface area contributed by atoms with Gasteiger partial charge in [0.25, 0.3) is 0 Å².